The zero-order valence-electron chi connectivity index (χ0n) is 21.3. The zero-order valence-corrected chi connectivity index (χ0v) is 22.1. The molecule has 1 aliphatic rings. The van der Waals surface area contributed by atoms with E-state index in [0.29, 0.717) is 66.9 Å². The summed E-state index contributed by atoms with van der Waals surface area (Å²) in [6, 6.07) is 5.29. The Kier molecular flexibility index (Phi) is 8.16. The molecule has 1 fully saturated rings. The number of fused-ring (bicyclic) bond motifs is 1. The van der Waals surface area contributed by atoms with Gasteiger partial charge in [-0.2, -0.15) is 17.5 Å². The van der Waals surface area contributed by atoms with Crippen LogP contribution in [0.15, 0.2) is 41.6 Å². The largest absolute Gasteiger partial charge is 0.490 e. The van der Waals surface area contributed by atoms with E-state index in [1.807, 2.05) is 25.7 Å². The highest BCUT2D eigenvalue weighted by molar-refractivity contribution is 7.89. The van der Waals surface area contributed by atoms with E-state index in [-0.39, 0.29) is 18.0 Å². The van der Waals surface area contributed by atoms with Crippen LogP contribution in [0.5, 0.6) is 17.2 Å². The van der Waals surface area contributed by atoms with E-state index >= 15 is 0 Å². The van der Waals surface area contributed by atoms with Gasteiger partial charge >= 0.3 is 6.18 Å². The van der Waals surface area contributed by atoms with Gasteiger partial charge in [0.1, 0.15) is 12.1 Å². The molecule has 0 amide bonds. The van der Waals surface area contributed by atoms with Gasteiger partial charge in [-0.1, -0.05) is 0 Å². The van der Waals surface area contributed by atoms with Gasteiger partial charge in [0.05, 0.1) is 41.2 Å². The van der Waals surface area contributed by atoms with E-state index in [1.165, 1.54) is 10.6 Å². The molecule has 38 heavy (non-hydrogen) atoms. The van der Waals surface area contributed by atoms with Gasteiger partial charge in [0, 0.05) is 32.2 Å². The predicted octanol–water partition coefficient (Wildman–Crippen LogP) is 4.36. The monoisotopic (exact) mass is 554 g/mol. The van der Waals surface area contributed by atoms with Crippen LogP contribution in [0.4, 0.5) is 19.0 Å². The van der Waals surface area contributed by atoms with Crippen LogP contribution in [0.1, 0.15) is 26.3 Å². The maximum atomic E-state index is 13.1. The van der Waals surface area contributed by atoms with Gasteiger partial charge in [-0.3, -0.25) is 0 Å². The van der Waals surface area contributed by atoms with E-state index in [0.717, 1.165) is 24.3 Å². The fourth-order valence-corrected chi connectivity index (χ4v) is 5.72. The molecule has 0 N–H and O–H groups in total. The van der Waals surface area contributed by atoms with Crippen molar-refractivity contribution in [3.63, 3.8) is 0 Å². The standard InChI is InChI=1S/C25H29F3N4O5S/c1-4-35-20-15-19-21(23(37-6-3)22(20)36-5-2)24(30-16-29-19)31-11-13-32(14-12-31)38(33,34)18-9-7-17(8-10-18)25(26,27)28/h7-10,15-16H,4-6,11-14H2,1-3H3. The van der Waals surface area contributed by atoms with E-state index in [2.05, 4.69) is 9.97 Å². The van der Waals surface area contributed by atoms with Crippen molar-refractivity contribution in [1.29, 1.82) is 0 Å². The second kappa shape index (κ2) is 11.2. The summed E-state index contributed by atoms with van der Waals surface area (Å²) in [6.45, 7) is 7.57. The molecule has 0 spiro atoms. The third-order valence-electron chi connectivity index (χ3n) is 6.02. The fraction of sp³-hybridized carbons (Fsp3) is 0.440. The van der Waals surface area contributed by atoms with Crippen LogP contribution in [0.2, 0.25) is 0 Å². The molecule has 0 saturated carbocycles. The van der Waals surface area contributed by atoms with Crippen molar-refractivity contribution in [2.75, 3.05) is 50.9 Å². The van der Waals surface area contributed by atoms with Crippen molar-refractivity contribution in [2.45, 2.75) is 31.8 Å². The van der Waals surface area contributed by atoms with Gasteiger partial charge in [-0.15, -0.1) is 0 Å². The van der Waals surface area contributed by atoms with Crippen molar-refractivity contribution >= 4 is 26.7 Å². The maximum absolute atomic E-state index is 13.1. The van der Waals surface area contributed by atoms with Gasteiger partial charge in [-0.25, -0.2) is 18.4 Å². The Bertz CT molecular complexity index is 1380. The maximum Gasteiger partial charge on any atom is 0.416 e. The minimum absolute atomic E-state index is 0.119. The second-order valence-electron chi connectivity index (χ2n) is 8.34. The normalized spacial score (nSPS) is 15.1. The van der Waals surface area contributed by atoms with E-state index in [4.69, 9.17) is 14.2 Å². The Labute approximate surface area is 219 Å². The Morgan fingerprint density at radius 2 is 1.47 bits per heavy atom. The van der Waals surface area contributed by atoms with Crippen LogP contribution in [0.25, 0.3) is 10.9 Å². The number of rotatable bonds is 9. The Morgan fingerprint density at radius 3 is 2.05 bits per heavy atom. The molecule has 1 saturated heterocycles. The molecule has 0 unspecified atom stereocenters. The zero-order chi connectivity index (χ0) is 27.5. The molecular formula is C25H29F3N4O5S. The van der Waals surface area contributed by atoms with Gasteiger partial charge < -0.3 is 19.1 Å². The molecule has 2 aromatic carbocycles. The number of hydrogen-bond acceptors (Lipinski definition) is 8. The molecule has 1 aliphatic heterocycles. The predicted molar refractivity (Wildman–Crippen MR) is 135 cm³/mol. The Morgan fingerprint density at radius 1 is 0.868 bits per heavy atom. The molecule has 3 aromatic rings. The van der Waals surface area contributed by atoms with Crippen LogP contribution >= 0.6 is 0 Å². The molecule has 1 aromatic heterocycles. The first-order valence-electron chi connectivity index (χ1n) is 12.2. The highest BCUT2D eigenvalue weighted by atomic mass is 32.2. The topological polar surface area (TPSA) is 94.1 Å². The lowest BCUT2D eigenvalue weighted by molar-refractivity contribution is -0.137. The minimum Gasteiger partial charge on any atom is -0.490 e. The molecule has 0 bridgehead atoms. The summed E-state index contributed by atoms with van der Waals surface area (Å²) in [4.78, 5) is 10.6. The lowest BCUT2D eigenvalue weighted by Crippen LogP contribution is -2.49. The summed E-state index contributed by atoms with van der Waals surface area (Å²) in [5.74, 6) is 1.96. The third kappa shape index (κ3) is 5.44. The molecule has 4 rings (SSSR count). The van der Waals surface area contributed by atoms with Crippen LogP contribution in [0.3, 0.4) is 0 Å². The third-order valence-corrected chi connectivity index (χ3v) is 7.93. The van der Waals surface area contributed by atoms with Crippen molar-refractivity contribution in [2.24, 2.45) is 0 Å². The smallest absolute Gasteiger partial charge is 0.416 e. The summed E-state index contributed by atoms with van der Waals surface area (Å²) < 4.78 is 83.8. The van der Waals surface area contributed by atoms with Crippen LogP contribution in [-0.4, -0.2) is 68.7 Å². The summed E-state index contributed by atoms with van der Waals surface area (Å²) in [6.07, 6.45) is -3.12. The highest BCUT2D eigenvalue weighted by Crippen LogP contribution is 2.46. The summed E-state index contributed by atoms with van der Waals surface area (Å²) >= 11 is 0. The lowest BCUT2D eigenvalue weighted by atomic mass is 10.1. The van der Waals surface area contributed by atoms with Gasteiger partial charge in [-0.05, 0) is 45.0 Å². The Balaban J connectivity index is 1.63. The Hall–Kier alpha value is -3.32. The van der Waals surface area contributed by atoms with E-state index < -0.39 is 21.8 Å². The van der Waals surface area contributed by atoms with Crippen LogP contribution in [-0.2, 0) is 16.2 Å². The number of anilines is 1. The molecule has 2 heterocycles. The van der Waals surface area contributed by atoms with Crippen LogP contribution in [0, 0.1) is 0 Å². The molecular weight excluding hydrogens is 525 g/mol. The second-order valence-corrected chi connectivity index (χ2v) is 10.3. The molecule has 206 valence electrons. The van der Waals surface area contributed by atoms with Crippen molar-refractivity contribution < 1.29 is 35.8 Å². The number of sulfonamides is 1. The number of ether oxygens (including phenoxy) is 3. The molecule has 9 nitrogen and oxygen atoms in total. The average Bonchev–Trinajstić information content (AvgIpc) is 2.90. The summed E-state index contributed by atoms with van der Waals surface area (Å²) in [5, 5.41) is 0.625. The highest BCUT2D eigenvalue weighted by Gasteiger charge is 2.33. The van der Waals surface area contributed by atoms with E-state index in [9.17, 15) is 21.6 Å². The molecule has 0 aliphatic carbocycles. The van der Waals surface area contributed by atoms with E-state index in [1.54, 1.807) is 6.07 Å². The number of hydrogen-bond donors (Lipinski definition) is 0. The SMILES string of the molecule is CCOc1cc2ncnc(N3CCN(S(=O)(=O)c4ccc(C(F)(F)F)cc4)CC3)c2c(OCC)c1OCC. The van der Waals surface area contributed by atoms with Crippen molar-refractivity contribution in [1.82, 2.24) is 14.3 Å². The number of nitrogens with zero attached hydrogens (tertiary/aromatic N) is 4. The number of aromatic nitrogens is 2. The summed E-state index contributed by atoms with van der Waals surface area (Å²) in [7, 11) is -3.97. The quantitative estimate of drug-likeness (QED) is 0.385. The summed E-state index contributed by atoms with van der Waals surface area (Å²) in [5.41, 5.74) is -0.314. The van der Waals surface area contributed by atoms with Crippen LogP contribution < -0.4 is 19.1 Å². The van der Waals surface area contributed by atoms with Gasteiger partial charge in [0.2, 0.25) is 15.8 Å². The van der Waals surface area contributed by atoms with Gasteiger partial charge in [0.25, 0.3) is 0 Å². The number of halogens is 3. The molecule has 0 atom stereocenters. The first kappa shape index (κ1) is 27.7. The average molecular weight is 555 g/mol. The van der Waals surface area contributed by atoms with Crippen molar-refractivity contribution in [3.05, 3.63) is 42.2 Å². The number of piperazine rings is 1. The number of alkyl halides is 3. The fourth-order valence-electron chi connectivity index (χ4n) is 4.30. The minimum atomic E-state index is -4.54. The first-order chi connectivity index (χ1) is 18.1. The first-order valence-corrected chi connectivity index (χ1v) is 13.7. The van der Waals surface area contributed by atoms with Crippen molar-refractivity contribution in [3.8, 4) is 17.2 Å². The van der Waals surface area contributed by atoms with Gasteiger partial charge in [0.15, 0.2) is 11.5 Å². The lowest BCUT2D eigenvalue weighted by Gasteiger charge is -2.35. The molecule has 13 heteroatoms. The number of benzene rings is 2. The molecule has 0 radical (unpaired) electrons.